The van der Waals surface area contributed by atoms with E-state index in [0.29, 0.717) is 43.7 Å². The standard InChI is InChI=1S/C24H24N6O4/c25-24(28-21-8-4-5-9-26-21)30-12-10-29(11-13-30)14-18-23(31)34-22(27-18)20-16-32-19(15-33-20)17-6-2-1-3-7-17/h1-2,4-6,8-9,14-16H,3,7,10-13H2,(H2,25,26,28). The van der Waals surface area contributed by atoms with Gasteiger partial charge < -0.3 is 29.7 Å². The number of carbonyl (C=O) groups excluding carboxylic acids is 1. The molecule has 0 aromatic carbocycles. The van der Waals surface area contributed by atoms with Gasteiger partial charge in [-0.2, -0.15) is 4.99 Å². The number of ether oxygens (including phenoxy) is 3. The molecule has 174 valence electrons. The van der Waals surface area contributed by atoms with Gasteiger partial charge in [0.1, 0.15) is 12.5 Å². The number of allylic oxidation sites excluding steroid dienone is 4. The lowest BCUT2D eigenvalue weighted by Crippen LogP contribution is -2.49. The van der Waals surface area contributed by atoms with Crippen LogP contribution in [0.15, 0.2) is 94.1 Å². The third-order valence-electron chi connectivity index (χ3n) is 5.57. The Hall–Kier alpha value is -4.34. The van der Waals surface area contributed by atoms with E-state index in [4.69, 9.17) is 19.9 Å². The van der Waals surface area contributed by atoms with E-state index in [9.17, 15) is 4.79 Å². The largest absolute Gasteiger partial charge is 0.457 e. The second-order valence-corrected chi connectivity index (χ2v) is 7.86. The molecule has 3 aliphatic heterocycles. The molecule has 0 saturated carbocycles. The minimum Gasteiger partial charge on any atom is -0.457 e. The molecule has 5 rings (SSSR count). The van der Waals surface area contributed by atoms with Crippen LogP contribution in [0.25, 0.3) is 0 Å². The fourth-order valence-corrected chi connectivity index (χ4v) is 3.72. The van der Waals surface area contributed by atoms with Gasteiger partial charge >= 0.3 is 5.97 Å². The molecule has 1 aliphatic carbocycles. The number of carbonyl (C=O) groups is 1. The highest BCUT2D eigenvalue weighted by molar-refractivity contribution is 6.10. The summed E-state index contributed by atoms with van der Waals surface area (Å²) in [4.78, 5) is 29.1. The van der Waals surface area contributed by atoms with E-state index in [0.717, 1.165) is 18.4 Å². The minimum absolute atomic E-state index is 0.0782. The average Bonchev–Trinajstić information content (AvgIpc) is 3.25. The highest BCUT2D eigenvalue weighted by atomic mass is 16.6. The first-order chi connectivity index (χ1) is 16.7. The number of hydrogen-bond acceptors (Lipinski definition) is 8. The number of rotatable bonds is 4. The van der Waals surface area contributed by atoms with Gasteiger partial charge in [0.15, 0.2) is 23.2 Å². The molecular formula is C24H24N6O4. The molecule has 0 spiro atoms. The van der Waals surface area contributed by atoms with Crippen LogP contribution in [0, 0.1) is 0 Å². The second kappa shape index (κ2) is 9.65. The fourth-order valence-electron chi connectivity index (χ4n) is 3.72. The van der Waals surface area contributed by atoms with Crippen molar-refractivity contribution in [1.29, 1.82) is 0 Å². The Morgan fingerprint density at radius 3 is 2.65 bits per heavy atom. The van der Waals surface area contributed by atoms with Crippen LogP contribution >= 0.6 is 0 Å². The van der Waals surface area contributed by atoms with Gasteiger partial charge in [-0.1, -0.05) is 24.3 Å². The van der Waals surface area contributed by atoms with Crippen molar-refractivity contribution >= 4 is 23.6 Å². The average molecular weight is 460 g/mol. The van der Waals surface area contributed by atoms with Gasteiger partial charge in [-0.05, 0) is 30.5 Å². The quantitative estimate of drug-likeness (QED) is 0.315. The van der Waals surface area contributed by atoms with Gasteiger partial charge in [0.05, 0.1) is 0 Å². The maximum Gasteiger partial charge on any atom is 0.365 e. The fraction of sp³-hybridized carbons (Fsp3) is 0.250. The Kier molecular flexibility index (Phi) is 6.11. The molecule has 0 amide bonds. The Morgan fingerprint density at radius 1 is 1.12 bits per heavy atom. The molecule has 10 heteroatoms. The number of cyclic esters (lactones) is 1. The van der Waals surface area contributed by atoms with Crippen LogP contribution in [-0.2, 0) is 19.0 Å². The third kappa shape index (κ3) is 4.85. The van der Waals surface area contributed by atoms with Gasteiger partial charge in [-0.15, -0.1) is 0 Å². The van der Waals surface area contributed by atoms with Crippen LogP contribution < -0.4 is 5.73 Å². The van der Waals surface area contributed by atoms with Crippen LogP contribution in [0.5, 0.6) is 0 Å². The number of piperazine rings is 1. The van der Waals surface area contributed by atoms with Crippen LogP contribution in [0.1, 0.15) is 12.8 Å². The molecular weight excluding hydrogens is 436 g/mol. The van der Waals surface area contributed by atoms with E-state index < -0.39 is 5.97 Å². The second-order valence-electron chi connectivity index (χ2n) is 7.86. The molecule has 0 radical (unpaired) electrons. The molecule has 10 nitrogen and oxygen atoms in total. The number of guanidine groups is 1. The predicted octanol–water partition coefficient (Wildman–Crippen LogP) is 2.45. The monoisotopic (exact) mass is 460 g/mol. The Labute approximate surface area is 196 Å². The Balaban J connectivity index is 1.18. The van der Waals surface area contributed by atoms with Crippen molar-refractivity contribution in [1.82, 2.24) is 14.8 Å². The molecule has 0 unspecified atom stereocenters. The normalized spacial score (nSPS) is 21.8. The molecule has 1 saturated heterocycles. The first-order valence-electron chi connectivity index (χ1n) is 11.0. The Morgan fingerprint density at radius 2 is 1.94 bits per heavy atom. The molecule has 0 atom stereocenters. The van der Waals surface area contributed by atoms with E-state index in [-0.39, 0.29) is 17.4 Å². The summed E-state index contributed by atoms with van der Waals surface area (Å²) in [6.07, 6.45) is 14.2. The van der Waals surface area contributed by atoms with Crippen molar-refractivity contribution < 1.29 is 19.0 Å². The maximum atomic E-state index is 12.3. The highest BCUT2D eigenvalue weighted by Gasteiger charge is 2.30. The lowest BCUT2D eigenvalue weighted by Gasteiger charge is -2.34. The van der Waals surface area contributed by atoms with E-state index in [1.54, 1.807) is 18.5 Å². The van der Waals surface area contributed by atoms with Gasteiger partial charge in [0.25, 0.3) is 5.90 Å². The third-order valence-corrected chi connectivity index (χ3v) is 5.57. The molecule has 1 aromatic heterocycles. The van der Waals surface area contributed by atoms with Gasteiger partial charge in [0.2, 0.25) is 5.76 Å². The summed E-state index contributed by atoms with van der Waals surface area (Å²) in [6.45, 7) is 2.60. The number of esters is 1. The molecule has 0 bridgehead atoms. The topological polar surface area (TPSA) is 115 Å². The zero-order chi connectivity index (χ0) is 23.3. The number of hydrogen-bond donors (Lipinski definition) is 1. The number of pyridine rings is 1. The number of aromatic nitrogens is 1. The van der Waals surface area contributed by atoms with E-state index in [1.165, 1.54) is 12.5 Å². The molecule has 4 heterocycles. The van der Waals surface area contributed by atoms with Crippen LogP contribution in [0.3, 0.4) is 0 Å². The van der Waals surface area contributed by atoms with E-state index in [1.807, 2.05) is 34.1 Å². The lowest BCUT2D eigenvalue weighted by molar-refractivity contribution is -0.130. The van der Waals surface area contributed by atoms with E-state index in [2.05, 4.69) is 21.0 Å². The van der Waals surface area contributed by atoms with Gasteiger partial charge in [-0.25, -0.2) is 14.8 Å². The van der Waals surface area contributed by atoms with Crippen LogP contribution in [0.2, 0.25) is 0 Å². The summed E-state index contributed by atoms with van der Waals surface area (Å²) >= 11 is 0. The molecule has 34 heavy (non-hydrogen) atoms. The summed E-state index contributed by atoms with van der Waals surface area (Å²) < 4.78 is 16.6. The lowest BCUT2D eigenvalue weighted by atomic mass is 10.0. The first kappa shape index (κ1) is 21.5. The molecule has 4 aliphatic rings. The van der Waals surface area contributed by atoms with Crippen molar-refractivity contribution in [2.75, 3.05) is 26.2 Å². The van der Waals surface area contributed by atoms with Crippen molar-refractivity contribution in [3.63, 3.8) is 0 Å². The Bertz CT molecular complexity index is 1170. The van der Waals surface area contributed by atoms with Crippen molar-refractivity contribution in [3.05, 3.63) is 84.1 Å². The van der Waals surface area contributed by atoms with Crippen LogP contribution in [0.4, 0.5) is 5.82 Å². The minimum atomic E-state index is -0.534. The predicted molar refractivity (Wildman–Crippen MR) is 125 cm³/mol. The summed E-state index contributed by atoms with van der Waals surface area (Å²) in [5.41, 5.74) is 7.39. The first-order valence-corrected chi connectivity index (χ1v) is 11.0. The maximum absolute atomic E-state index is 12.3. The van der Waals surface area contributed by atoms with Crippen molar-refractivity contribution in [2.45, 2.75) is 12.8 Å². The number of aliphatic imine (C=N–C) groups is 2. The van der Waals surface area contributed by atoms with Crippen molar-refractivity contribution in [3.8, 4) is 0 Å². The van der Waals surface area contributed by atoms with E-state index >= 15 is 0 Å². The summed E-state index contributed by atoms with van der Waals surface area (Å²) in [5.74, 6) is 1.41. The number of nitrogens with two attached hydrogens (primary N) is 1. The van der Waals surface area contributed by atoms with Crippen molar-refractivity contribution in [2.24, 2.45) is 15.7 Å². The van der Waals surface area contributed by atoms with Gasteiger partial charge in [-0.3, -0.25) is 0 Å². The molecule has 1 fully saturated rings. The molecule has 1 aromatic rings. The zero-order valence-corrected chi connectivity index (χ0v) is 18.5. The SMILES string of the molecule is NC(=Nc1ccccn1)N1CCN(C=C2N=C(C3=COC(C4=CC=CCC4)=CO3)OC2=O)CC1. The summed E-state index contributed by atoms with van der Waals surface area (Å²) in [7, 11) is 0. The van der Waals surface area contributed by atoms with Gasteiger partial charge in [0, 0.05) is 38.6 Å². The smallest absolute Gasteiger partial charge is 0.365 e. The summed E-state index contributed by atoms with van der Waals surface area (Å²) in [6, 6.07) is 5.49. The zero-order valence-electron chi connectivity index (χ0n) is 18.5. The highest BCUT2D eigenvalue weighted by Crippen LogP contribution is 2.27. The number of nitrogens with zero attached hydrogens (tertiary/aromatic N) is 5. The van der Waals surface area contributed by atoms with Crippen LogP contribution in [-0.4, -0.2) is 58.8 Å². The molecule has 2 N–H and O–H groups in total. The summed E-state index contributed by atoms with van der Waals surface area (Å²) in [5, 5.41) is 0.